The monoisotopic (exact) mass is 395 g/mol. The first-order valence-electron chi connectivity index (χ1n) is 10.7. The molecule has 0 aromatic carbocycles. The van der Waals surface area contributed by atoms with Gasteiger partial charge in [0.1, 0.15) is 11.4 Å². The minimum atomic E-state index is -1.76. The third-order valence-electron chi connectivity index (χ3n) is 5.64. The Balaban J connectivity index is 1.72. The molecule has 1 fully saturated rings. The summed E-state index contributed by atoms with van der Waals surface area (Å²) in [6.45, 7) is 3.48. The number of aryl methyl sites for hydroxylation is 3. The molecule has 150 valence electrons. The van der Waals surface area contributed by atoms with Crippen LogP contribution in [-0.2, 0) is 13.5 Å². The predicted molar refractivity (Wildman–Crippen MR) is 109 cm³/mol. The number of hydrogen-bond acceptors (Lipinski definition) is 4. The van der Waals surface area contributed by atoms with E-state index in [0.29, 0.717) is 16.8 Å². The third kappa shape index (κ3) is 3.05. The molecule has 4 heterocycles. The zero-order chi connectivity index (χ0) is 22.1. The number of nitrogens with zero attached hydrogens (tertiary/aromatic N) is 5. The molecule has 6 nitrogen and oxygen atoms in total. The summed E-state index contributed by atoms with van der Waals surface area (Å²) in [4.78, 5) is 4.70. The van der Waals surface area contributed by atoms with Crippen LogP contribution in [0.15, 0.2) is 35.4 Å². The molecule has 5 rings (SSSR count). The van der Waals surface area contributed by atoms with Gasteiger partial charge in [-0.15, -0.1) is 0 Å². The van der Waals surface area contributed by atoms with Crippen LogP contribution in [0.5, 0.6) is 0 Å². The number of aromatic nitrogens is 5. The molecule has 0 aliphatic heterocycles. The summed E-state index contributed by atoms with van der Waals surface area (Å²) in [6, 6.07) is 1.92. The molecule has 1 aliphatic rings. The number of halogens is 1. The van der Waals surface area contributed by atoms with E-state index in [1.165, 1.54) is 6.92 Å². The fourth-order valence-electron chi connectivity index (χ4n) is 4.27. The van der Waals surface area contributed by atoms with Crippen LogP contribution >= 0.6 is 0 Å². The van der Waals surface area contributed by atoms with E-state index in [4.69, 9.17) is 12.2 Å². The molecule has 0 unspecified atom stereocenters. The second-order valence-electron chi connectivity index (χ2n) is 8.25. The van der Waals surface area contributed by atoms with E-state index in [-0.39, 0.29) is 12.8 Å². The molecule has 1 saturated carbocycles. The van der Waals surface area contributed by atoms with Gasteiger partial charge in [0.05, 0.1) is 25.7 Å². The zero-order valence-electron chi connectivity index (χ0n) is 18.9. The standard InChI is InChI=1S/C22H24FN5O/c1-13-20(14(2)29-26-13)16-5-19-21(24-8-16)18(17-9-25-27(4)11-17)12-28(19)10-15-6-22(3,23)7-15/h5,8-9,11-12,15H,6-7,10H2,1-4H3/i10D2. The Hall–Kier alpha value is -2.96. The summed E-state index contributed by atoms with van der Waals surface area (Å²) >= 11 is 0. The van der Waals surface area contributed by atoms with Gasteiger partial charge in [0, 0.05) is 54.4 Å². The summed E-state index contributed by atoms with van der Waals surface area (Å²) in [7, 11) is 1.83. The van der Waals surface area contributed by atoms with Gasteiger partial charge < -0.3 is 9.09 Å². The van der Waals surface area contributed by atoms with E-state index in [1.807, 2.05) is 33.2 Å². The summed E-state index contributed by atoms with van der Waals surface area (Å²) in [5, 5.41) is 8.28. The van der Waals surface area contributed by atoms with Crippen molar-refractivity contribution in [3.63, 3.8) is 0 Å². The Morgan fingerprint density at radius 2 is 2.07 bits per heavy atom. The number of rotatable bonds is 4. The van der Waals surface area contributed by atoms with Crippen LogP contribution in [0.25, 0.3) is 33.3 Å². The van der Waals surface area contributed by atoms with Crippen molar-refractivity contribution in [1.29, 1.82) is 0 Å². The molecule has 29 heavy (non-hydrogen) atoms. The smallest absolute Gasteiger partial charge is 0.141 e. The van der Waals surface area contributed by atoms with Crippen molar-refractivity contribution in [1.82, 2.24) is 24.5 Å². The SMILES string of the molecule is [2H]C([2H])(C1CC(C)(F)C1)n1cc(-c2cnn(C)c2)c2ncc(-c3c(C)noc3C)cc21. The second-order valence-corrected chi connectivity index (χ2v) is 8.25. The lowest BCUT2D eigenvalue weighted by molar-refractivity contribution is 0.0178. The van der Waals surface area contributed by atoms with Crippen LogP contribution in [0.4, 0.5) is 4.39 Å². The third-order valence-corrected chi connectivity index (χ3v) is 5.64. The maximum atomic E-state index is 14.2. The molecule has 0 amide bonds. The largest absolute Gasteiger partial charge is 0.361 e. The van der Waals surface area contributed by atoms with Gasteiger partial charge >= 0.3 is 0 Å². The minimum Gasteiger partial charge on any atom is -0.361 e. The molecule has 0 atom stereocenters. The fourth-order valence-corrected chi connectivity index (χ4v) is 4.27. The molecule has 1 aliphatic carbocycles. The number of pyridine rings is 1. The Kier molecular flexibility index (Phi) is 3.44. The second kappa shape index (κ2) is 6.27. The van der Waals surface area contributed by atoms with Crippen molar-refractivity contribution in [2.24, 2.45) is 13.0 Å². The maximum absolute atomic E-state index is 14.2. The number of hydrogen-bond donors (Lipinski definition) is 0. The van der Waals surface area contributed by atoms with Gasteiger partial charge in [0.25, 0.3) is 0 Å². The lowest BCUT2D eigenvalue weighted by Crippen LogP contribution is -2.38. The summed E-state index contributed by atoms with van der Waals surface area (Å²) in [5.74, 6) is 0.266. The summed E-state index contributed by atoms with van der Waals surface area (Å²) < 4.78 is 40.6. The molecule has 0 saturated heterocycles. The molecule has 4 aromatic heterocycles. The summed E-state index contributed by atoms with van der Waals surface area (Å²) in [6.07, 6.45) is 7.54. The zero-order valence-corrected chi connectivity index (χ0v) is 16.9. The van der Waals surface area contributed by atoms with Crippen LogP contribution in [0.1, 0.15) is 34.0 Å². The lowest BCUT2D eigenvalue weighted by atomic mass is 9.73. The van der Waals surface area contributed by atoms with Gasteiger partial charge in [-0.1, -0.05) is 5.16 Å². The summed E-state index contributed by atoms with van der Waals surface area (Å²) in [5.41, 5.74) is 4.06. The van der Waals surface area contributed by atoms with Gasteiger partial charge in [-0.2, -0.15) is 5.10 Å². The van der Waals surface area contributed by atoms with Crippen molar-refractivity contribution < 1.29 is 11.7 Å². The van der Waals surface area contributed by atoms with Crippen LogP contribution in [0.2, 0.25) is 0 Å². The van der Waals surface area contributed by atoms with Gasteiger partial charge in [0.15, 0.2) is 0 Å². The highest BCUT2D eigenvalue weighted by atomic mass is 19.1. The van der Waals surface area contributed by atoms with Crippen LogP contribution in [0, 0.1) is 19.8 Å². The van der Waals surface area contributed by atoms with Crippen LogP contribution < -0.4 is 0 Å². The molecule has 0 bridgehead atoms. The Bertz CT molecular complexity index is 1280. The molecular weight excluding hydrogens is 369 g/mol. The highest BCUT2D eigenvalue weighted by Crippen LogP contribution is 2.43. The average molecular weight is 395 g/mol. The van der Waals surface area contributed by atoms with Crippen LogP contribution in [-0.4, -0.2) is 30.2 Å². The predicted octanol–water partition coefficient (Wildman–Crippen LogP) is 4.85. The highest BCUT2D eigenvalue weighted by molar-refractivity contribution is 5.94. The fraction of sp³-hybridized carbons (Fsp3) is 0.409. The highest BCUT2D eigenvalue weighted by Gasteiger charge is 2.40. The first-order valence-corrected chi connectivity index (χ1v) is 9.69. The Labute approximate surface area is 171 Å². The normalized spacial score (nSPS) is 23.1. The van der Waals surface area contributed by atoms with Gasteiger partial charge in [0.2, 0.25) is 0 Å². The molecule has 0 N–H and O–H groups in total. The number of alkyl halides is 1. The van der Waals surface area contributed by atoms with Gasteiger partial charge in [-0.3, -0.25) is 9.67 Å². The van der Waals surface area contributed by atoms with E-state index in [1.54, 1.807) is 27.8 Å². The molecular formula is C22H24FN5O. The Morgan fingerprint density at radius 1 is 1.28 bits per heavy atom. The molecule has 7 heteroatoms. The van der Waals surface area contributed by atoms with Crippen LogP contribution in [0.3, 0.4) is 0 Å². The van der Waals surface area contributed by atoms with Gasteiger partial charge in [-0.25, -0.2) is 4.39 Å². The topological polar surface area (TPSA) is 61.7 Å². The first-order chi connectivity index (χ1) is 14.6. The van der Waals surface area contributed by atoms with Crippen molar-refractivity contribution in [2.75, 3.05) is 0 Å². The van der Waals surface area contributed by atoms with Crippen molar-refractivity contribution in [2.45, 2.75) is 45.8 Å². The van der Waals surface area contributed by atoms with Crippen molar-refractivity contribution >= 4 is 11.0 Å². The van der Waals surface area contributed by atoms with E-state index in [9.17, 15) is 4.39 Å². The van der Waals surface area contributed by atoms with Crippen molar-refractivity contribution in [3.05, 3.63) is 42.3 Å². The quantitative estimate of drug-likeness (QED) is 0.496. The first kappa shape index (κ1) is 15.9. The van der Waals surface area contributed by atoms with E-state index in [2.05, 4.69) is 10.3 Å². The lowest BCUT2D eigenvalue weighted by Gasteiger charge is -2.39. The Morgan fingerprint density at radius 3 is 2.69 bits per heavy atom. The van der Waals surface area contributed by atoms with Crippen molar-refractivity contribution in [3.8, 4) is 22.3 Å². The minimum absolute atomic E-state index is 0.193. The van der Waals surface area contributed by atoms with Gasteiger partial charge in [-0.05, 0) is 45.6 Å². The molecule has 4 aromatic rings. The van der Waals surface area contributed by atoms with E-state index >= 15 is 0 Å². The maximum Gasteiger partial charge on any atom is 0.141 e. The number of fused-ring (bicyclic) bond motifs is 1. The van der Waals surface area contributed by atoms with E-state index in [0.717, 1.165) is 27.9 Å². The average Bonchev–Trinajstić information content (AvgIpc) is 3.36. The van der Waals surface area contributed by atoms with E-state index < -0.39 is 18.1 Å². The molecule has 0 spiro atoms. The molecule has 0 radical (unpaired) electrons.